The average Bonchev–Trinajstić information content (AvgIpc) is 2.73. The first-order valence-electron chi connectivity index (χ1n) is 10.5. The number of fused-ring (bicyclic) bond motifs is 1. The van der Waals surface area contributed by atoms with Crippen molar-refractivity contribution in [2.24, 2.45) is 5.10 Å². The Morgan fingerprint density at radius 3 is 2.62 bits per heavy atom. The van der Waals surface area contributed by atoms with Gasteiger partial charge in [0.2, 0.25) is 0 Å². The third kappa shape index (κ3) is 5.97. The maximum absolute atomic E-state index is 11.6. The van der Waals surface area contributed by atoms with Crippen LogP contribution in [-0.4, -0.2) is 35.6 Å². The van der Waals surface area contributed by atoms with E-state index in [1.165, 1.54) is 0 Å². The lowest BCUT2D eigenvalue weighted by Gasteiger charge is -2.33. The molecule has 0 aromatic heterocycles. The summed E-state index contributed by atoms with van der Waals surface area (Å²) in [5.41, 5.74) is 7.26. The minimum absolute atomic E-state index is 0.159. The monoisotopic (exact) mass is 455 g/mol. The number of aryl methyl sites for hydroxylation is 2. The van der Waals surface area contributed by atoms with Crippen molar-refractivity contribution >= 4 is 34.7 Å². The normalized spacial score (nSPS) is 15.3. The number of hydrogen-bond acceptors (Lipinski definition) is 6. The second kappa shape index (κ2) is 9.99. The molecule has 0 fully saturated rings. The largest absolute Gasteiger partial charge is 0.487 e. The fourth-order valence-electron chi connectivity index (χ4n) is 3.46. The van der Waals surface area contributed by atoms with E-state index in [0.29, 0.717) is 29.6 Å². The molecule has 0 radical (unpaired) electrons. The van der Waals surface area contributed by atoms with Crippen molar-refractivity contribution in [1.29, 1.82) is 0 Å². The predicted molar refractivity (Wildman–Crippen MR) is 130 cm³/mol. The van der Waals surface area contributed by atoms with Crippen molar-refractivity contribution in [3.8, 4) is 11.5 Å². The van der Waals surface area contributed by atoms with Gasteiger partial charge in [0.25, 0.3) is 0 Å². The highest BCUT2D eigenvalue weighted by Gasteiger charge is 2.31. The molecule has 0 spiro atoms. The van der Waals surface area contributed by atoms with Crippen molar-refractivity contribution in [1.82, 2.24) is 5.43 Å². The Kier molecular flexibility index (Phi) is 7.35. The van der Waals surface area contributed by atoms with E-state index < -0.39 is 11.6 Å². The molecule has 2 N–H and O–H groups in total. The van der Waals surface area contributed by atoms with Crippen LogP contribution in [0.25, 0.3) is 0 Å². The number of rotatable bonds is 6. The maximum Gasteiger partial charge on any atom is 0.344 e. The summed E-state index contributed by atoms with van der Waals surface area (Å²) in [6, 6.07) is 11.5. The van der Waals surface area contributed by atoms with Gasteiger partial charge in [-0.25, -0.2) is 4.79 Å². The standard InChI is InChI=1S/C24H29N3O4S/c1-6-29-21(28)14-30-17-10-11-20-18(12-17)19(13-24(4,5)31-20)26-27-23(32)25-22-15(2)8-7-9-16(22)3/h7-12H,6,13-14H2,1-5H3,(H2,25,27,32)/b26-19+. The molecule has 3 rings (SSSR count). The van der Waals surface area contributed by atoms with Crippen molar-refractivity contribution in [2.75, 3.05) is 18.5 Å². The summed E-state index contributed by atoms with van der Waals surface area (Å²) in [7, 11) is 0. The van der Waals surface area contributed by atoms with Gasteiger partial charge in [0.15, 0.2) is 11.7 Å². The number of ether oxygens (including phenoxy) is 3. The zero-order valence-corrected chi connectivity index (χ0v) is 19.9. The Bertz CT molecular complexity index is 1030. The molecule has 2 aromatic carbocycles. The van der Waals surface area contributed by atoms with Gasteiger partial charge < -0.3 is 19.5 Å². The second-order valence-electron chi connectivity index (χ2n) is 8.18. The number of carbonyl (C=O) groups excluding carboxylic acids is 1. The minimum atomic E-state index is -0.428. The Morgan fingerprint density at radius 2 is 1.94 bits per heavy atom. The average molecular weight is 456 g/mol. The summed E-state index contributed by atoms with van der Waals surface area (Å²) < 4.78 is 16.6. The van der Waals surface area contributed by atoms with E-state index in [4.69, 9.17) is 26.4 Å². The summed E-state index contributed by atoms with van der Waals surface area (Å²) in [6.07, 6.45) is 0.570. The molecule has 2 aromatic rings. The van der Waals surface area contributed by atoms with Crippen molar-refractivity contribution in [2.45, 2.75) is 46.6 Å². The van der Waals surface area contributed by atoms with E-state index in [1.807, 2.05) is 58.0 Å². The van der Waals surface area contributed by atoms with Gasteiger partial charge in [-0.1, -0.05) is 18.2 Å². The Hall–Kier alpha value is -3.13. The van der Waals surface area contributed by atoms with Crippen LogP contribution in [0.15, 0.2) is 41.5 Å². The molecule has 0 saturated carbocycles. The van der Waals surface area contributed by atoms with E-state index in [9.17, 15) is 4.79 Å². The molecule has 170 valence electrons. The van der Waals surface area contributed by atoms with Gasteiger partial charge in [-0.3, -0.25) is 5.43 Å². The summed E-state index contributed by atoms with van der Waals surface area (Å²) in [6.45, 7) is 9.97. The molecule has 0 bridgehead atoms. The highest BCUT2D eigenvalue weighted by Crippen LogP contribution is 2.35. The van der Waals surface area contributed by atoms with E-state index >= 15 is 0 Å². The molecule has 1 aliphatic rings. The molecule has 0 amide bonds. The highest BCUT2D eigenvalue weighted by atomic mass is 32.1. The number of anilines is 1. The lowest BCUT2D eigenvalue weighted by molar-refractivity contribution is -0.145. The number of esters is 1. The van der Waals surface area contributed by atoms with Crippen LogP contribution >= 0.6 is 12.2 Å². The van der Waals surface area contributed by atoms with Crippen LogP contribution in [0.5, 0.6) is 11.5 Å². The first-order valence-corrected chi connectivity index (χ1v) is 10.9. The number of benzene rings is 2. The summed E-state index contributed by atoms with van der Waals surface area (Å²) in [5, 5.41) is 8.20. The van der Waals surface area contributed by atoms with Crippen LogP contribution in [0.2, 0.25) is 0 Å². The molecule has 0 aliphatic carbocycles. The zero-order chi connectivity index (χ0) is 23.3. The van der Waals surface area contributed by atoms with Crippen molar-refractivity contribution < 1.29 is 19.0 Å². The summed E-state index contributed by atoms with van der Waals surface area (Å²) >= 11 is 5.46. The van der Waals surface area contributed by atoms with Crippen LogP contribution in [0, 0.1) is 13.8 Å². The molecule has 1 aliphatic heterocycles. The van der Waals surface area contributed by atoms with Gasteiger partial charge in [0.1, 0.15) is 17.1 Å². The third-order valence-corrected chi connectivity index (χ3v) is 5.11. The van der Waals surface area contributed by atoms with Crippen LogP contribution in [0.3, 0.4) is 0 Å². The topological polar surface area (TPSA) is 81.2 Å². The molecule has 0 atom stereocenters. The third-order valence-electron chi connectivity index (χ3n) is 4.92. The maximum atomic E-state index is 11.6. The lowest BCUT2D eigenvalue weighted by Crippen LogP contribution is -2.37. The Labute approximate surface area is 194 Å². The van der Waals surface area contributed by atoms with Gasteiger partial charge in [0.05, 0.1) is 12.3 Å². The van der Waals surface area contributed by atoms with Crippen LogP contribution in [0.4, 0.5) is 5.69 Å². The Balaban J connectivity index is 1.78. The number of hydrazone groups is 1. The molecule has 7 nitrogen and oxygen atoms in total. The van der Waals surface area contributed by atoms with Gasteiger partial charge in [-0.15, -0.1) is 0 Å². The molecular formula is C24H29N3O4S. The molecule has 0 saturated heterocycles. The van der Waals surface area contributed by atoms with Crippen LogP contribution in [0.1, 0.15) is 43.9 Å². The van der Waals surface area contributed by atoms with Crippen LogP contribution < -0.4 is 20.2 Å². The van der Waals surface area contributed by atoms with Crippen LogP contribution in [-0.2, 0) is 9.53 Å². The quantitative estimate of drug-likeness (QED) is 0.377. The number of para-hydroxylation sites is 1. The molecular weight excluding hydrogens is 426 g/mol. The summed E-state index contributed by atoms with van der Waals surface area (Å²) in [5.74, 6) is 0.809. The molecule has 8 heteroatoms. The molecule has 0 unspecified atom stereocenters. The number of nitrogens with one attached hydrogen (secondary N) is 2. The van der Waals surface area contributed by atoms with E-state index in [0.717, 1.165) is 28.1 Å². The second-order valence-corrected chi connectivity index (χ2v) is 8.59. The fraction of sp³-hybridized carbons (Fsp3) is 0.375. The first-order chi connectivity index (χ1) is 15.2. The van der Waals surface area contributed by atoms with Gasteiger partial charge in [-0.2, -0.15) is 5.10 Å². The van der Waals surface area contributed by atoms with Gasteiger partial charge in [-0.05, 0) is 76.2 Å². The number of nitrogens with zero attached hydrogens (tertiary/aromatic N) is 1. The number of thiocarbonyl (C=S) groups is 1. The van der Waals surface area contributed by atoms with E-state index in [2.05, 4.69) is 15.8 Å². The Morgan fingerprint density at radius 1 is 1.22 bits per heavy atom. The minimum Gasteiger partial charge on any atom is -0.487 e. The lowest BCUT2D eigenvalue weighted by atomic mass is 9.92. The fourth-order valence-corrected chi connectivity index (χ4v) is 3.61. The summed E-state index contributed by atoms with van der Waals surface area (Å²) in [4.78, 5) is 11.6. The SMILES string of the molecule is CCOC(=O)COc1ccc2c(c1)/C(=N/NC(=S)Nc1c(C)cccc1C)CC(C)(C)O2. The van der Waals surface area contributed by atoms with E-state index in [1.54, 1.807) is 13.0 Å². The highest BCUT2D eigenvalue weighted by molar-refractivity contribution is 7.80. The number of carbonyl (C=O) groups is 1. The molecule has 1 heterocycles. The van der Waals surface area contributed by atoms with Crippen molar-refractivity contribution in [3.63, 3.8) is 0 Å². The van der Waals surface area contributed by atoms with Crippen molar-refractivity contribution in [3.05, 3.63) is 53.1 Å². The number of hydrogen-bond donors (Lipinski definition) is 2. The smallest absolute Gasteiger partial charge is 0.344 e. The zero-order valence-electron chi connectivity index (χ0n) is 19.1. The first kappa shape index (κ1) is 23.5. The van der Waals surface area contributed by atoms with Gasteiger partial charge >= 0.3 is 5.97 Å². The van der Waals surface area contributed by atoms with E-state index in [-0.39, 0.29) is 6.61 Å². The predicted octanol–water partition coefficient (Wildman–Crippen LogP) is 4.50. The van der Waals surface area contributed by atoms with Gasteiger partial charge in [0, 0.05) is 17.7 Å². The molecule has 32 heavy (non-hydrogen) atoms.